The summed E-state index contributed by atoms with van der Waals surface area (Å²) in [7, 11) is 0. The van der Waals surface area contributed by atoms with E-state index in [9.17, 15) is 9.50 Å². The first-order valence-electron chi connectivity index (χ1n) is 5.17. The lowest BCUT2D eigenvalue weighted by Crippen LogP contribution is -2.34. The molecule has 1 aromatic carbocycles. The molecule has 0 radical (unpaired) electrons. The van der Waals surface area contributed by atoms with Gasteiger partial charge in [-0.05, 0) is 44.0 Å². The van der Waals surface area contributed by atoms with Crippen LogP contribution in [0.1, 0.15) is 25.0 Å². The Balaban J connectivity index is 2.64. The van der Waals surface area contributed by atoms with Crippen LogP contribution in [-0.4, -0.2) is 17.3 Å². The lowest BCUT2D eigenvalue weighted by atomic mass is 10.1. The van der Waals surface area contributed by atoms with Crippen LogP contribution in [0, 0.1) is 12.7 Å². The summed E-state index contributed by atoms with van der Waals surface area (Å²) >= 11 is 5.98. The number of nitrogens with one attached hydrogen (secondary N) is 1. The van der Waals surface area contributed by atoms with Gasteiger partial charge in [0.05, 0.1) is 5.60 Å². The van der Waals surface area contributed by atoms with E-state index in [1.165, 1.54) is 6.07 Å². The topological polar surface area (TPSA) is 32.3 Å². The first-order valence-corrected chi connectivity index (χ1v) is 5.55. The average Bonchev–Trinajstić information content (AvgIpc) is 2.11. The molecule has 0 saturated carbocycles. The van der Waals surface area contributed by atoms with Crippen LogP contribution >= 0.6 is 11.6 Å². The maximum Gasteiger partial charge on any atom is 0.126 e. The van der Waals surface area contributed by atoms with Crippen molar-refractivity contribution >= 4 is 11.6 Å². The van der Waals surface area contributed by atoms with Gasteiger partial charge in [0.2, 0.25) is 0 Å². The minimum Gasteiger partial charge on any atom is -0.389 e. The highest BCUT2D eigenvalue weighted by Crippen LogP contribution is 2.20. The van der Waals surface area contributed by atoms with Gasteiger partial charge >= 0.3 is 0 Å². The zero-order valence-electron chi connectivity index (χ0n) is 9.77. The normalized spacial score (nSPS) is 11.9. The summed E-state index contributed by atoms with van der Waals surface area (Å²) in [4.78, 5) is 0. The molecule has 2 nitrogen and oxygen atoms in total. The van der Waals surface area contributed by atoms with Crippen molar-refractivity contribution in [3.63, 3.8) is 0 Å². The van der Waals surface area contributed by atoms with Crippen LogP contribution in [0.3, 0.4) is 0 Å². The number of aliphatic hydroxyl groups is 1. The van der Waals surface area contributed by atoms with Crippen LogP contribution < -0.4 is 5.32 Å². The smallest absolute Gasteiger partial charge is 0.126 e. The molecule has 16 heavy (non-hydrogen) atoms. The SMILES string of the molecule is Cc1cc(Cl)c(CNCC(C)(C)O)cc1F. The molecule has 90 valence electrons. The highest BCUT2D eigenvalue weighted by atomic mass is 35.5. The van der Waals surface area contributed by atoms with Gasteiger partial charge in [-0.3, -0.25) is 0 Å². The minimum absolute atomic E-state index is 0.260. The zero-order valence-corrected chi connectivity index (χ0v) is 10.5. The Labute approximate surface area is 100 Å². The molecule has 1 aromatic rings. The summed E-state index contributed by atoms with van der Waals surface area (Å²) in [6.07, 6.45) is 0. The quantitative estimate of drug-likeness (QED) is 0.855. The fourth-order valence-electron chi connectivity index (χ4n) is 1.33. The Morgan fingerprint density at radius 3 is 2.62 bits per heavy atom. The maximum atomic E-state index is 13.3. The van der Waals surface area contributed by atoms with E-state index in [0.717, 1.165) is 0 Å². The first kappa shape index (κ1) is 13.4. The predicted octanol–water partition coefficient (Wildman–Crippen LogP) is 2.65. The van der Waals surface area contributed by atoms with Crippen LogP contribution in [0.25, 0.3) is 0 Å². The third-order valence-electron chi connectivity index (χ3n) is 2.20. The van der Waals surface area contributed by atoms with Gasteiger partial charge in [-0.15, -0.1) is 0 Å². The Kier molecular flexibility index (Phi) is 4.30. The molecular weight excluding hydrogens is 229 g/mol. The van der Waals surface area contributed by atoms with E-state index < -0.39 is 5.60 Å². The molecule has 0 bridgehead atoms. The molecule has 1 rings (SSSR count). The minimum atomic E-state index is -0.782. The van der Waals surface area contributed by atoms with Crippen molar-refractivity contribution in [3.05, 3.63) is 34.1 Å². The highest BCUT2D eigenvalue weighted by molar-refractivity contribution is 6.31. The van der Waals surface area contributed by atoms with Crippen molar-refractivity contribution in [3.8, 4) is 0 Å². The second-order valence-corrected chi connectivity index (χ2v) is 5.02. The second-order valence-electron chi connectivity index (χ2n) is 4.61. The van der Waals surface area contributed by atoms with E-state index in [2.05, 4.69) is 5.32 Å². The lowest BCUT2D eigenvalue weighted by molar-refractivity contribution is 0.0795. The highest BCUT2D eigenvalue weighted by Gasteiger charge is 2.12. The average molecular weight is 246 g/mol. The summed E-state index contributed by atoms with van der Waals surface area (Å²) in [6, 6.07) is 3.03. The largest absolute Gasteiger partial charge is 0.389 e. The van der Waals surface area contributed by atoms with Gasteiger partial charge in [0, 0.05) is 18.1 Å². The molecule has 0 spiro atoms. The van der Waals surface area contributed by atoms with Gasteiger partial charge in [-0.1, -0.05) is 11.6 Å². The van der Waals surface area contributed by atoms with Crippen molar-refractivity contribution in [2.45, 2.75) is 32.9 Å². The van der Waals surface area contributed by atoms with E-state index in [1.54, 1.807) is 26.8 Å². The molecule has 4 heteroatoms. The van der Waals surface area contributed by atoms with Gasteiger partial charge in [-0.25, -0.2) is 4.39 Å². The zero-order chi connectivity index (χ0) is 12.3. The van der Waals surface area contributed by atoms with Crippen molar-refractivity contribution < 1.29 is 9.50 Å². The fraction of sp³-hybridized carbons (Fsp3) is 0.500. The van der Waals surface area contributed by atoms with Crippen molar-refractivity contribution in [2.24, 2.45) is 0 Å². The van der Waals surface area contributed by atoms with Crippen molar-refractivity contribution in [1.29, 1.82) is 0 Å². The van der Waals surface area contributed by atoms with E-state index in [0.29, 0.717) is 29.2 Å². The third kappa shape index (κ3) is 4.08. The van der Waals surface area contributed by atoms with Crippen LogP contribution in [0.15, 0.2) is 12.1 Å². The first-order chi connectivity index (χ1) is 7.29. The molecule has 0 heterocycles. The molecule has 0 aliphatic heterocycles. The lowest BCUT2D eigenvalue weighted by Gasteiger charge is -2.18. The van der Waals surface area contributed by atoms with Crippen molar-refractivity contribution in [2.75, 3.05) is 6.54 Å². The number of hydrogen-bond donors (Lipinski definition) is 2. The molecule has 0 saturated heterocycles. The Bertz CT molecular complexity index is 374. The second kappa shape index (κ2) is 5.13. The summed E-state index contributed by atoms with van der Waals surface area (Å²) in [5.41, 5.74) is 0.459. The Morgan fingerprint density at radius 1 is 1.44 bits per heavy atom. The van der Waals surface area contributed by atoms with E-state index in [4.69, 9.17) is 11.6 Å². The van der Waals surface area contributed by atoms with E-state index >= 15 is 0 Å². The van der Waals surface area contributed by atoms with E-state index in [-0.39, 0.29) is 5.82 Å². The number of aryl methyl sites for hydroxylation is 1. The van der Waals surface area contributed by atoms with E-state index in [1.807, 2.05) is 0 Å². The van der Waals surface area contributed by atoms with Crippen LogP contribution in [0.2, 0.25) is 5.02 Å². The Morgan fingerprint density at radius 2 is 2.06 bits per heavy atom. The monoisotopic (exact) mass is 245 g/mol. The van der Waals surface area contributed by atoms with Gasteiger partial charge in [0.1, 0.15) is 5.82 Å². The summed E-state index contributed by atoms with van der Waals surface area (Å²) in [6.45, 7) is 5.96. The number of benzene rings is 1. The van der Waals surface area contributed by atoms with Gasteiger partial charge in [-0.2, -0.15) is 0 Å². The van der Waals surface area contributed by atoms with Gasteiger partial charge in [0.15, 0.2) is 0 Å². The molecule has 0 aromatic heterocycles. The van der Waals surface area contributed by atoms with Crippen molar-refractivity contribution in [1.82, 2.24) is 5.32 Å². The summed E-state index contributed by atoms with van der Waals surface area (Å²) in [5.74, 6) is -0.260. The molecular formula is C12H17ClFNO. The van der Waals surface area contributed by atoms with Gasteiger partial charge in [0.25, 0.3) is 0 Å². The third-order valence-corrected chi connectivity index (χ3v) is 2.55. The summed E-state index contributed by atoms with van der Waals surface area (Å²) in [5, 5.41) is 13.1. The van der Waals surface area contributed by atoms with Crippen LogP contribution in [-0.2, 0) is 6.54 Å². The molecule has 0 unspecified atom stereocenters. The van der Waals surface area contributed by atoms with Gasteiger partial charge < -0.3 is 10.4 Å². The number of halogens is 2. The molecule has 0 aliphatic rings. The summed E-state index contributed by atoms with van der Waals surface area (Å²) < 4.78 is 13.3. The number of rotatable bonds is 4. The standard InChI is InChI=1S/C12H17ClFNO/c1-8-4-10(13)9(5-11(8)14)6-15-7-12(2,3)16/h4-5,15-16H,6-7H2,1-3H3. The molecule has 2 N–H and O–H groups in total. The van der Waals surface area contributed by atoms with Crippen LogP contribution in [0.4, 0.5) is 4.39 Å². The fourth-order valence-corrected chi connectivity index (χ4v) is 1.61. The predicted molar refractivity (Wildman–Crippen MR) is 64.2 cm³/mol. The molecule has 0 atom stereocenters. The number of hydrogen-bond acceptors (Lipinski definition) is 2. The molecule has 0 aliphatic carbocycles. The molecule has 0 fully saturated rings. The Hall–Kier alpha value is -0.640. The molecule has 0 amide bonds. The maximum absolute atomic E-state index is 13.3. The van der Waals surface area contributed by atoms with Crippen LogP contribution in [0.5, 0.6) is 0 Å².